The third kappa shape index (κ3) is 3.92. The molecule has 2 N–H and O–H groups in total. The molecule has 0 fully saturated rings. The minimum atomic E-state index is -0.328. The fourth-order valence-corrected chi connectivity index (χ4v) is 1.24. The van der Waals surface area contributed by atoms with Gasteiger partial charge in [0.15, 0.2) is 0 Å². The van der Waals surface area contributed by atoms with Gasteiger partial charge in [0.1, 0.15) is 5.75 Å². The molecule has 1 aromatic carbocycles. The van der Waals surface area contributed by atoms with E-state index in [1.54, 1.807) is 0 Å². The predicted molar refractivity (Wildman–Crippen MR) is 63.8 cm³/mol. The van der Waals surface area contributed by atoms with E-state index >= 15 is 0 Å². The van der Waals surface area contributed by atoms with Crippen molar-refractivity contribution in [2.45, 2.75) is 26.8 Å². The molecule has 0 atom stereocenters. The third-order valence-corrected chi connectivity index (χ3v) is 2.43. The Labute approximate surface area is 96.8 Å². The number of benzene rings is 1. The topological polar surface area (TPSA) is 59.0 Å². The van der Waals surface area contributed by atoms with Crippen molar-refractivity contribution >= 4 is 0 Å². The maximum absolute atomic E-state index is 8.85. The van der Waals surface area contributed by atoms with Crippen molar-refractivity contribution < 1.29 is 4.74 Å². The average Bonchev–Trinajstić information content (AvgIpc) is 2.29. The van der Waals surface area contributed by atoms with E-state index in [1.807, 2.05) is 38.1 Å². The number of nitrogens with zero attached hydrogens (tertiary/aromatic N) is 1. The first-order chi connectivity index (χ1) is 7.57. The highest BCUT2D eigenvalue weighted by Crippen LogP contribution is 2.20. The van der Waals surface area contributed by atoms with E-state index in [4.69, 9.17) is 15.7 Å². The summed E-state index contributed by atoms with van der Waals surface area (Å²) in [4.78, 5) is 0. The summed E-state index contributed by atoms with van der Waals surface area (Å²) in [5.41, 5.74) is 6.26. The molecule has 3 heteroatoms. The number of ether oxygens (including phenoxy) is 1. The van der Waals surface area contributed by atoms with Gasteiger partial charge in [-0.3, -0.25) is 0 Å². The molecule has 0 heterocycles. The lowest BCUT2D eigenvalue weighted by molar-refractivity contribution is 0.264. The quantitative estimate of drug-likeness (QED) is 0.825. The minimum Gasteiger partial charge on any atom is -0.494 e. The van der Waals surface area contributed by atoms with E-state index in [2.05, 4.69) is 6.07 Å². The molecule has 0 radical (unpaired) electrons. The smallest absolute Gasteiger partial charge is 0.119 e. The SMILES string of the molecule is CC(C)(C#N)CCOc1cccc(CN)c1. The minimum absolute atomic E-state index is 0.328. The maximum atomic E-state index is 8.85. The van der Waals surface area contributed by atoms with Gasteiger partial charge < -0.3 is 10.5 Å². The fraction of sp³-hybridized carbons (Fsp3) is 0.462. The van der Waals surface area contributed by atoms with Crippen LogP contribution in [0.4, 0.5) is 0 Å². The Balaban J connectivity index is 2.46. The van der Waals surface area contributed by atoms with E-state index in [0.717, 1.165) is 17.7 Å². The average molecular weight is 218 g/mol. The number of nitrogens with two attached hydrogens (primary N) is 1. The lowest BCUT2D eigenvalue weighted by atomic mass is 9.92. The van der Waals surface area contributed by atoms with Crippen molar-refractivity contribution in [1.82, 2.24) is 0 Å². The highest BCUT2D eigenvalue weighted by atomic mass is 16.5. The van der Waals surface area contributed by atoms with E-state index in [9.17, 15) is 0 Å². The second kappa shape index (κ2) is 5.53. The van der Waals surface area contributed by atoms with E-state index in [-0.39, 0.29) is 5.41 Å². The Kier molecular flexibility index (Phi) is 4.33. The van der Waals surface area contributed by atoms with Crippen molar-refractivity contribution in [3.05, 3.63) is 29.8 Å². The number of nitriles is 1. The van der Waals surface area contributed by atoms with Crippen LogP contribution in [0.3, 0.4) is 0 Å². The van der Waals surface area contributed by atoms with Gasteiger partial charge in [0.2, 0.25) is 0 Å². The summed E-state index contributed by atoms with van der Waals surface area (Å²) in [6.45, 7) is 4.88. The lowest BCUT2D eigenvalue weighted by Crippen LogP contribution is -2.13. The van der Waals surface area contributed by atoms with Gasteiger partial charge in [-0.1, -0.05) is 12.1 Å². The van der Waals surface area contributed by atoms with Crippen molar-refractivity contribution in [3.8, 4) is 11.8 Å². The normalized spacial score (nSPS) is 10.9. The van der Waals surface area contributed by atoms with Gasteiger partial charge >= 0.3 is 0 Å². The molecular weight excluding hydrogens is 200 g/mol. The van der Waals surface area contributed by atoms with Crippen LogP contribution in [-0.4, -0.2) is 6.61 Å². The largest absolute Gasteiger partial charge is 0.494 e. The first-order valence-corrected chi connectivity index (χ1v) is 5.40. The number of hydrogen-bond donors (Lipinski definition) is 1. The summed E-state index contributed by atoms with van der Waals surface area (Å²) in [6.07, 6.45) is 0.719. The van der Waals surface area contributed by atoms with Gasteiger partial charge in [0, 0.05) is 6.54 Å². The van der Waals surface area contributed by atoms with Crippen LogP contribution >= 0.6 is 0 Å². The molecule has 1 aromatic rings. The molecule has 86 valence electrons. The van der Waals surface area contributed by atoms with Gasteiger partial charge in [-0.25, -0.2) is 0 Å². The zero-order valence-electron chi connectivity index (χ0n) is 9.86. The fourth-order valence-electron chi connectivity index (χ4n) is 1.24. The molecular formula is C13H18N2O. The van der Waals surface area contributed by atoms with E-state index in [0.29, 0.717) is 13.2 Å². The van der Waals surface area contributed by atoms with Crippen LogP contribution in [0.2, 0.25) is 0 Å². The molecule has 0 unspecified atom stereocenters. The molecule has 0 amide bonds. The molecule has 0 bridgehead atoms. The van der Waals surface area contributed by atoms with Crippen LogP contribution in [0.15, 0.2) is 24.3 Å². The highest BCUT2D eigenvalue weighted by Gasteiger charge is 2.16. The zero-order valence-corrected chi connectivity index (χ0v) is 9.86. The lowest BCUT2D eigenvalue weighted by Gasteiger charge is -2.15. The molecule has 0 aliphatic rings. The Hall–Kier alpha value is -1.53. The first-order valence-electron chi connectivity index (χ1n) is 5.40. The molecule has 3 nitrogen and oxygen atoms in total. The Morgan fingerprint density at radius 2 is 2.19 bits per heavy atom. The monoisotopic (exact) mass is 218 g/mol. The van der Waals surface area contributed by atoms with Crippen LogP contribution in [0.1, 0.15) is 25.8 Å². The van der Waals surface area contributed by atoms with E-state index < -0.39 is 0 Å². The van der Waals surface area contributed by atoms with Gasteiger partial charge in [0.25, 0.3) is 0 Å². The third-order valence-electron chi connectivity index (χ3n) is 2.43. The van der Waals surface area contributed by atoms with Crippen LogP contribution in [0.25, 0.3) is 0 Å². The summed E-state index contributed by atoms with van der Waals surface area (Å²) in [7, 11) is 0. The van der Waals surface area contributed by atoms with Gasteiger partial charge in [-0.15, -0.1) is 0 Å². The Bertz CT molecular complexity index is 380. The standard InChI is InChI=1S/C13H18N2O/c1-13(2,10-15)6-7-16-12-5-3-4-11(8-12)9-14/h3-5,8H,6-7,9,14H2,1-2H3. The second-order valence-electron chi connectivity index (χ2n) is 4.45. The zero-order chi connectivity index (χ0) is 12.0. The van der Waals surface area contributed by atoms with Gasteiger partial charge in [0.05, 0.1) is 18.1 Å². The molecule has 16 heavy (non-hydrogen) atoms. The molecule has 1 rings (SSSR count). The molecule has 0 saturated heterocycles. The second-order valence-corrected chi connectivity index (χ2v) is 4.45. The van der Waals surface area contributed by atoms with Crippen molar-refractivity contribution in [3.63, 3.8) is 0 Å². The number of hydrogen-bond acceptors (Lipinski definition) is 3. The molecule has 0 aliphatic carbocycles. The summed E-state index contributed by atoms with van der Waals surface area (Å²) in [6, 6.07) is 9.97. The Morgan fingerprint density at radius 1 is 1.44 bits per heavy atom. The summed E-state index contributed by atoms with van der Waals surface area (Å²) in [5.74, 6) is 0.816. The summed E-state index contributed by atoms with van der Waals surface area (Å²) < 4.78 is 5.58. The number of rotatable bonds is 5. The van der Waals surface area contributed by atoms with Crippen LogP contribution in [0.5, 0.6) is 5.75 Å². The molecule has 0 aromatic heterocycles. The van der Waals surface area contributed by atoms with Crippen molar-refractivity contribution in [2.75, 3.05) is 6.61 Å². The summed E-state index contributed by atoms with van der Waals surface area (Å²) >= 11 is 0. The van der Waals surface area contributed by atoms with E-state index in [1.165, 1.54) is 0 Å². The predicted octanol–water partition coefficient (Wildman–Crippen LogP) is 2.46. The summed E-state index contributed by atoms with van der Waals surface area (Å²) in [5, 5.41) is 8.85. The van der Waals surface area contributed by atoms with Crippen LogP contribution in [-0.2, 0) is 6.54 Å². The van der Waals surface area contributed by atoms with Crippen LogP contribution in [0, 0.1) is 16.7 Å². The van der Waals surface area contributed by atoms with Gasteiger partial charge in [-0.05, 0) is 38.0 Å². The van der Waals surface area contributed by atoms with Gasteiger partial charge in [-0.2, -0.15) is 5.26 Å². The maximum Gasteiger partial charge on any atom is 0.119 e. The molecule has 0 saturated carbocycles. The molecule has 0 spiro atoms. The highest BCUT2D eigenvalue weighted by molar-refractivity contribution is 5.28. The van der Waals surface area contributed by atoms with Crippen molar-refractivity contribution in [2.24, 2.45) is 11.1 Å². The Morgan fingerprint density at radius 3 is 2.81 bits per heavy atom. The van der Waals surface area contributed by atoms with Crippen LogP contribution < -0.4 is 10.5 Å². The molecule has 0 aliphatic heterocycles. The van der Waals surface area contributed by atoms with Crippen molar-refractivity contribution in [1.29, 1.82) is 5.26 Å². The first kappa shape index (κ1) is 12.5.